The highest BCUT2D eigenvalue weighted by molar-refractivity contribution is 5.84. The molecular weight excluding hydrogens is 809 g/mol. The van der Waals surface area contributed by atoms with Gasteiger partial charge < -0.3 is 0 Å². The molecule has 1 aromatic heterocycles. The van der Waals surface area contributed by atoms with Gasteiger partial charge in [-0.3, -0.25) is 0 Å². The maximum atomic E-state index is 5.36. The fourth-order valence-electron chi connectivity index (χ4n) is 9.58. The van der Waals surface area contributed by atoms with Gasteiger partial charge in [-0.15, -0.1) is 0 Å². The second-order valence-electron chi connectivity index (χ2n) is 23.7. The first kappa shape index (κ1) is 45.8. The van der Waals surface area contributed by atoms with Crippen molar-refractivity contribution in [2.45, 2.75) is 124 Å². The fourth-order valence-corrected chi connectivity index (χ4v) is 9.58. The summed E-state index contributed by atoms with van der Waals surface area (Å²) in [6.45, 7) is 32.3. The van der Waals surface area contributed by atoms with Gasteiger partial charge in [0.2, 0.25) is 0 Å². The van der Waals surface area contributed by atoms with Gasteiger partial charge in [-0.25, -0.2) is 9.97 Å². The van der Waals surface area contributed by atoms with E-state index in [1.165, 1.54) is 72.3 Å². The van der Waals surface area contributed by atoms with Crippen molar-refractivity contribution in [3.8, 4) is 78.4 Å². The van der Waals surface area contributed by atoms with Crippen molar-refractivity contribution in [1.82, 2.24) is 9.97 Å². The third kappa shape index (κ3) is 9.08. The third-order valence-electron chi connectivity index (χ3n) is 14.1. The summed E-state index contributed by atoms with van der Waals surface area (Å²) >= 11 is 0. The zero-order chi connectivity index (χ0) is 47.8. The molecule has 1 heterocycles. The Labute approximate surface area is 401 Å². The molecule has 7 aromatic carbocycles. The first-order valence-electron chi connectivity index (χ1n) is 24.2. The normalized spacial score (nSPS) is 13.6. The minimum Gasteiger partial charge on any atom is -0.228 e. The molecule has 0 saturated heterocycles. The lowest BCUT2D eigenvalue weighted by atomic mass is 9.79. The quantitative estimate of drug-likeness (QED) is 0.166. The Bertz CT molecular complexity index is 2950. The van der Waals surface area contributed by atoms with Crippen molar-refractivity contribution in [1.29, 1.82) is 0 Å². The summed E-state index contributed by atoms with van der Waals surface area (Å²) in [7, 11) is 0. The fraction of sp³-hybridized carbons (Fsp3) is 0.292. The van der Waals surface area contributed by atoms with E-state index in [1.807, 2.05) is 0 Å². The van der Waals surface area contributed by atoms with E-state index in [1.54, 1.807) is 0 Å². The summed E-state index contributed by atoms with van der Waals surface area (Å²) in [5.74, 6) is 0.705. The van der Waals surface area contributed by atoms with Crippen LogP contribution in [0.4, 0.5) is 0 Å². The molecule has 0 atom stereocenters. The van der Waals surface area contributed by atoms with Gasteiger partial charge in [-0.1, -0.05) is 236 Å². The molecule has 67 heavy (non-hydrogen) atoms. The van der Waals surface area contributed by atoms with E-state index in [9.17, 15) is 0 Å². The number of rotatable bonds is 6. The molecule has 2 nitrogen and oxygen atoms in total. The van der Waals surface area contributed by atoms with Gasteiger partial charge in [-0.2, -0.15) is 0 Å². The molecule has 0 aliphatic heterocycles. The molecule has 8 aromatic rings. The Hall–Kier alpha value is -6.38. The SMILES string of the molecule is CC(C)(C)c1cc(-c2ccc(-c3cc(-c4ccc(-c5cc(C(C)(C)C)cc(C(C)(C)C)c5)cc4)nc(-c4cccc(-c5ccc6c(c5)C(C)(C)c5ccccc5-6)c4)n3)cc2)cc(C(C)(C)C)c1. The standard InChI is InChI=1S/C65H68N2/c1-61(2,3)50-33-48(34-51(38-50)62(4,5)6)41-22-26-43(27-23-41)58-40-59(44-28-24-42(25-29-44)49-35-52(63(7,8)9)39-53(36-49)64(10,11)12)67-60(66-58)47-19-17-18-45(32-47)46-30-31-55-54-20-15-16-21-56(54)65(13,14)57(55)37-46/h15-40H,1-14H3. The maximum Gasteiger partial charge on any atom is 0.160 e. The van der Waals surface area contributed by atoms with E-state index >= 15 is 0 Å². The summed E-state index contributed by atoms with van der Waals surface area (Å²) in [6, 6.07) is 58.9. The number of benzene rings is 7. The Morgan fingerprint density at radius 2 is 0.687 bits per heavy atom. The topological polar surface area (TPSA) is 25.8 Å². The molecule has 0 unspecified atom stereocenters. The third-order valence-corrected chi connectivity index (χ3v) is 14.1. The minimum atomic E-state index is -0.0778. The van der Waals surface area contributed by atoms with Gasteiger partial charge in [0.05, 0.1) is 11.4 Å². The predicted molar refractivity (Wildman–Crippen MR) is 287 cm³/mol. The van der Waals surface area contributed by atoms with Crippen LogP contribution in [0, 0.1) is 0 Å². The lowest BCUT2D eigenvalue weighted by Gasteiger charge is -2.26. The van der Waals surface area contributed by atoms with Crippen LogP contribution < -0.4 is 0 Å². The van der Waals surface area contributed by atoms with Crippen molar-refractivity contribution in [3.05, 3.63) is 191 Å². The molecule has 0 saturated carbocycles. The average Bonchev–Trinajstić information content (AvgIpc) is 3.52. The number of hydrogen-bond donors (Lipinski definition) is 0. The van der Waals surface area contributed by atoms with Crippen LogP contribution in [0.3, 0.4) is 0 Å². The van der Waals surface area contributed by atoms with E-state index in [4.69, 9.17) is 9.97 Å². The van der Waals surface area contributed by atoms with Crippen LogP contribution in [0.2, 0.25) is 0 Å². The largest absolute Gasteiger partial charge is 0.228 e. The molecular formula is C65H68N2. The highest BCUT2D eigenvalue weighted by Gasteiger charge is 2.35. The zero-order valence-electron chi connectivity index (χ0n) is 42.4. The van der Waals surface area contributed by atoms with Gasteiger partial charge in [0, 0.05) is 22.1 Å². The van der Waals surface area contributed by atoms with Gasteiger partial charge in [0.25, 0.3) is 0 Å². The molecule has 9 rings (SSSR count). The average molecular weight is 877 g/mol. The van der Waals surface area contributed by atoms with Crippen LogP contribution in [-0.2, 0) is 27.1 Å². The number of fused-ring (bicyclic) bond motifs is 3. The molecule has 1 aliphatic rings. The lowest BCUT2D eigenvalue weighted by Crippen LogP contribution is -2.16. The molecule has 0 radical (unpaired) electrons. The van der Waals surface area contributed by atoms with Crippen LogP contribution in [0.5, 0.6) is 0 Å². The van der Waals surface area contributed by atoms with E-state index in [0.717, 1.165) is 33.6 Å². The summed E-state index contributed by atoms with van der Waals surface area (Å²) in [5, 5.41) is 0. The highest BCUT2D eigenvalue weighted by atomic mass is 14.9. The van der Waals surface area contributed by atoms with E-state index in [2.05, 4.69) is 255 Å². The van der Waals surface area contributed by atoms with Crippen molar-refractivity contribution in [3.63, 3.8) is 0 Å². The van der Waals surface area contributed by atoms with E-state index < -0.39 is 0 Å². The van der Waals surface area contributed by atoms with Crippen molar-refractivity contribution in [2.24, 2.45) is 0 Å². The molecule has 0 amide bonds. The van der Waals surface area contributed by atoms with Crippen molar-refractivity contribution >= 4 is 0 Å². The van der Waals surface area contributed by atoms with E-state index in [-0.39, 0.29) is 27.1 Å². The second-order valence-corrected chi connectivity index (χ2v) is 23.7. The summed E-state index contributed by atoms with van der Waals surface area (Å²) in [6.07, 6.45) is 0. The summed E-state index contributed by atoms with van der Waals surface area (Å²) < 4.78 is 0. The van der Waals surface area contributed by atoms with Gasteiger partial charge in [0.1, 0.15) is 0 Å². The van der Waals surface area contributed by atoms with Crippen molar-refractivity contribution in [2.75, 3.05) is 0 Å². The van der Waals surface area contributed by atoms with Crippen LogP contribution in [0.15, 0.2) is 158 Å². The molecule has 1 aliphatic carbocycles. The van der Waals surface area contributed by atoms with Crippen LogP contribution >= 0.6 is 0 Å². The Balaban J connectivity index is 1.14. The Kier molecular flexibility index (Phi) is 11.2. The monoisotopic (exact) mass is 877 g/mol. The van der Waals surface area contributed by atoms with Crippen LogP contribution in [0.1, 0.15) is 130 Å². The lowest BCUT2D eigenvalue weighted by molar-refractivity contribution is 0.568. The first-order chi connectivity index (χ1) is 31.4. The minimum absolute atomic E-state index is 0.0357. The van der Waals surface area contributed by atoms with Crippen molar-refractivity contribution < 1.29 is 0 Å². The van der Waals surface area contributed by atoms with Gasteiger partial charge >= 0.3 is 0 Å². The summed E-state index contributed by atoms with van der Waals surface area (Å²) in [4.78, 5) is 10.7. The number of hydrogen-bond acceptors (Lipinski definition) is 2. The molecule has 338 valence electrons. The molecule has 0 spiro atoms. The molecule has 2 heteroatoms. The number of aromatic nitrogens is 2. The Morgan fingerprint density at radius 3 is 1.15 bits per heavy atom. The van der Waals surface area contributed by atoms with Gasteiger partial charge in [0.15, 0.2) is 5.82 Å². The smallest absolute Gasteiger partial charge is 0.160 e. The predicted octanol–water partition coefficient (Wildman–Crippen LogP) is 18.0. The molecule has 0 bridgehead atoms. The highest BCUT2D eigenvalue weighted by Crippen LogP contribution is 2.50. The van der Waals surface area contributed by atoms with Crippen LogP contribution in [-0.4, -0.2) is 9.97 Å². The first-order valence-corrected chi connectivity index (χ1v) is 24.2. The van der Waals surface area contributed by atoms with Gasteiger partial charge in [-0.05, 0) is 118 Å². The molecule has 0 fully saturated rings. The van der Waals surface area contributed by atoms with E-state index in [0.29, 0.717) is 5.82 Å². The zero-order valence-corrected chi connectivity index (χ0v) is 42.4. The second kappa shape index (κ2) is 16.4. The summed E-state index contributed by atoms with van der Waals surface area (Å²) in [5.41, 5.74) is 23.0. The maximum absolute atomic E-state index is 5.36. The number of nitrogens with zero attached hydrogens (tertiary/aromatic N) is 2. The van der Waals surface area contributed by atoms with Crippen LogP contribution in [0.25, 0.3) is 78.4 Å². The Morgan fingerprint density at radius 1 is 0.299 bits per heavy atom. The molecule has 0 N–H and O–H groups in total.